The van der Waals surface area contributed by atoms with Crippen molar-refractivity contribution in [2.45, 2.75) is 30.3 Å². The van der Waals surface area contributed by atoms with Crippen molar-refractivity contribution in [2.24, 2.45) is 5.73 Å². The molecule has 0 radical (unpaired) electrons. The van der Waals surface area contributed by atoms with Crippen LogP contribution in [0.2, 0.25) is 0 Å². The minimum absolute atomic E-state index is 0.0148. The second-order valence-electron chi connectivity index (χ2n) is 6.65. The van der Waals surface area contributed by atoms with E-state index >= 15 is 0 Å². The van der Waals surface area contributed by atoms with Crippen LogP contribution in [0.5, 0.6) is 11.5 Å². The molecule has 0 saturated heterocycles. The molecule has 27 heavy (non-hydrogen) atoms. The average molecular weight is 388 g/mol. The van der Waals surface area contributed by atoms with Crippen molar-refractivity contribution in [1.82, 2.24) is 4.31 Å². The summed E-state index contributed by atoms with van der Waals surface area (Å²) in [5, 5.41) is 0. The standard InChI is InChI=1S/C19H20N2O5S/c20-19(22)14-3-1-13(2-4-14)12-21(15-5-6-15)27(23,24)16-7-8-17-18(11-16)26-10-9-25-17/h1-4,7-8,11,15H,5-6,9-10,12H2,(H2,20,22). The van der Waals surface area contributed by atoms with E-state index in [2.05, 4.69) is 0 Å². The van der Waals surface area contributed by atoms with Gasteiger partial charge in [-0.05, 0) is 42.7 Å². The lowest BCUT2D eigenvalue weighted by atomic mass is 10.1. The maximum Gasteiger partial charge on any atom is 0.248 e. The van der Waals surface area contributed by atoms with E-state index in [1.807, 2.05) is 0 Å². The van der Waals surface area contributed by atoms with Gasteiger partial charge in [0.1, 0.15) is 13.2 Å². The van der Waals surface area contributed by atoms with Crippen molar-refractivity contribution in [1.29, 1.82) is 0 Å². The third-order valence-corrected chi connectivity index (χ3v) is 6.55. The van der Waals surface area contributed by atoms with Crippen molar-refractivity contribution in [3.63, 3.8) is 0 Å². The van der Waals surface area contributed by atoms with Gasteiger partial charge < -0.3 is 15.2 Å². The molecule has 8 heteroatoms. The van der Waals surface area contributed by atoms with Crippen LogP contribution in [0.3, 0.4) is 0 Å². The lowest BCUT2D eigenvalue weighted by molar-refractivity contribution is 0.1000. The number of fused-ring (bicyclic) bond motifs is 1. The van der Waals surface area contributed by atoms with E-state index in [1.54, 1.807) is 36.4 Å². The van der Waals surface area contributed by atoms with Crippen LogP contribution in [0.4, 0.5) is 0 Å². The van der Waals surface area contributed by atoms with E-state index in [0.29, 0.717) is 30.3 Å². The van der Waals surface area contributed by atoms with E-state index < -0.39 is 15.9 Å². The Bertz CT molecular complexity index is 968. The van der Waals surface area contributed by atoms with Crippen LogP contribution in [0.1, 0.15) is 28.8 Å². The Morgan fingerprint density at radius 1 is 1.04 bits per heavy atom. The second-order valence-corrected chi connectivity index (χ2v) is 8.54. The monoisotopic (exact) mass is 388 g/mol. The molecule has 0 aromatic heterocycles. The highest BCUT2D eigenvalue weighted by Crippen LogP contribution is 2.37. The number of carbonyl (C=O) groups excluding carboxylic acids is 1. The number of nitrogens with zero attached hydrogens (tertiary/aromatic N) is 1. The van der Waals surface area contributed by atoms with Gasteiger partial charge in [-0.15, -0.1) is 0 Å². The Morgan fingerprint density at radius 2 is 1.70 bits per heavy atom. The van der Waals surface area contributed by atoms with E-state index in [-0.39, 0.29) is 17.5 Å². The first kappa shape index (κ1) is 17.8. The fourth-order valence-corrected chi connectivity index (χ4v) is 4.74. The Hall–Kier alpha value is -2.58. The fourth-order valence-electron chi connectivity index (χ4n) is 3.05. The molecule has 7 nitrogen and oxygen atoms in total. The minimum Gasteiger partial charge on any atom is -0.486 e. The first-order valence-electron chi connectivity index (χ1n) is 8.75. The number of benzene rings is 2. The Morgan fingerprint density at radius 3 is 2.33 bits per heavy atom. The number of amides is 1. The molecular weight excluding hydrogens is 368 g/mol. The number of sulfonamides is 1. The van der Waals surface area contributed by atoms with Gasteiger partial charge in [0.15, 0.2) is 11.5 Å². The summed E-state index contributed by atoms with van der Waals surface area (Å²) in [6, 6.07) is 11.4. The number of primary amides is 1. The van der Waals surface area contributed by atoms with Gasteiger partial charge in [0.05, 0.1) is 4.90 Å². The molecule has 1 heterocycles. The molecule has 2 aromatic rings. The van der Waals surface area contributed by atoms with Crippen molar-refractivity contribution < 1.29 is 22.7 Å². The first-order chi connectivity index (χ1) is 12.9. The van der Waals surface area contributed by atoms with Crippen LogP contribution < -0.4 is 15.2 Å². The number of hydrogen-bond acceptors (Lipinski definition) is 5. The van der Waals surface area contributed by atoms with Crippen molar-refractivity contribution in [2.75, 3.05) is 13.2 Å². The normalized spacial score (nSPS) is 16.3. The molecule has 0 atom stereocenters. The van der Waals surface area contributed by atoms with Crippen molar-refractivity contribution in [3.05, 3.63) is 53.6 Å². The van der Waals surface area contributed by atoms with Crippen LogP contribution in [-0.4, -0.2) is 37.9 Å². The highest BCUT2D eigenvalue weighted by atomic mass is 32.2. The highest BCUT2D eigenvalue weighted by molar-refractivity contribution is 7.89. The molecule has 0 bridgehead atoms. The van der Waals surface area contributed by atoms with E-state index in [1.165, 1.54) is 10.4 Å². The third-order valence-electron chi connectivity index (χ3n) is 4.65. The largest absolute Gasteiger partial charge is 0.486 e. The number of ether oxygens (including phenoxy) is 2. The predicted molar refractivity (Wildman–Crippen MR) is 98.1 cm³/mol. The maximum atomic E-state index is 13.2. The van der Waals surface area contributed by atoms with E-state index in [4.69, 9.17) is 15.2 Å². The number of hydrogen-bond donors (Lipinski definition) is 1. The Kier molecular flexibility index (Phi) is 4.53. The molecule has 2 N–H and O–H groups in total. The lowest BCUT2D eigenvalue weighted by Gasteiger charge is -2.24. The summed E-state index contributed by atoms with van der Waals surface area (Å²) in [5.41, 5.74) is 6.45. The smallest absolute Gasteiger partial charge is 0.248 e. The maximum absolute atomic E-state index is 13.2. The summed E-state index contributed by atoms with van der Waals surface area (Å²) in [5.74, 6) is 0.494. The molecule has 2 aliphatic rings. The molecule has 1 amide bonds. The number of rotatable bonds is 6. The molecular formula is C19H20N2O5S. The summed E-state index contributed by atoms with van der Waals surface area (Å²) >= 11 is 0. The van der Waals surface area contributed by atoms with Gasteiger partial charge in [-0.1, -0.05) is 12.1 Å². The van der Waals surface area contributed by atoms with Gasteiger partial charge in [0, 0.05) is 24.2 Å². The number of carbonyl (C=O) groups is 1. The molecule has 0 spiro atoms. The second kappa shape index (κ2) is 6.86. The summed E-state index contributed by atoms with van der Waals surface area (Å²) in [4.78, 5) is 11.4. The van der Waals surface area contributed by atoms with E-state index in [0.717, 1.165) is 18.4 Å². The molecule has 1 aliphatic heterocycles. The first-order valence-corrected chi connectivity index (χ1v) is 10.2. The lowest BCUT2D eigenvalue weighted by Crippen LogP contribution is -2.32. The molecule has 1 fully saturated rings. The van der Waals surface area contributed by atoms with Crippen LogP contribution in [0, 0.1) is 0 Å². The van der Waals surface area contributed by atoms with Crippen LogP contribution in [0.25, 0.3) is 0 Å². The zero-order valence-corrected chi connectivity index (χ0v) is 15.4. The molecule has 0 unspecified atom stereocenters. The molecule has 2 aromatic carbocycles. The van der Waals surface area contributed by atoms with E-state index in [9.17, 15) is 13.2 Å². The van der Waals surface area contributed by atoms with Gasteiger partial charge in [0.25, 0.3) is 0 Å². The zero-order chi connectivity index (χ0) is 19.0. The van der Waals surface area contributed by atoms with Crippen LogP contribution >= 0.6 is 0 Å². The van der Waals surface area contributed by atoms with Crippen LogP contribution in [0.15, 0.2) is 47.4 Å². The summed E-state index contributed by atoms with van der Waals surface area (Å²) in [6.07, 6.45) is 1.67. The molecule has 4 rings (SSSR count). The molecule has 1 aliphatic carbocycles. The Labute approximate surface area is 157 Å². The molecule has 142 valence electrons. The average Bonchev–Trinajstić information content (AvgIpc) is 3.51. The summed E-state index contributed by atoms with van der Waals surface area (Å²) in [7, 11) is -3.69. The van der Waals surface area contributed by atoms with Gasteiger partial charge in [0.2, 0.25) is 15.9 Å². The van der Waals surface area contributed by atoms with Crippen molar-refractivity contribution >= 4 is 15.9 Å². The van der Waals surface area contributed by atoms with Gasteiger partial charge >= 0.3 is 0 Å². The van der Waals surface area contributed by atoms with Gasteiger partial charge in [-0.25, -0.2) is 8.42 Å². The number of nitrogens with two attached hydrogens (primary N) is 1. The summed E-state index contributed by atoms with van der Waals surface area (Å²) < 4.78 is 39.0. The fraction of sp³-hybridized carbons (Fsp3) is 0.316. The summed E-state index contributed by atoms with van der Waals surface area (Å²) in [6.45, 7) is 1.09. The predicted octanol–water partition coefficient (Wildman–Crippen LogP) is 1.91. The molecule has 1 saturated carbocycles. The topological polar surface area (TPSA) is 98.9 Å². The SMILES string of the molecule is NC(=O)c1ccc(CN(C2CC2)S(=O)(=O)c2ccc3c(c2)OCCO3)cc1. The quantitative estimate of drug-likeness (QED) is 0.815. The van der Waals surface area contributed by atoms with Crippen molar-refractivity contribution in [3.8, 4) is 11.5 Å². The Balaban J connectivity index is 1.62. The minimum atomic E-state index is -3.69. The van der Waals surface area contributed by atoms with Gasteiger partial charge in [-0.2, -0.15) is 4.31 Å². The zero-order valence-electron chi connectivity index (χ0n) is 14.6. The highest BCUT2D eigenvalue weighted by Gasteiger charge is 2.38. The third kappa shape index (κ3) is 3.63. The van der Waals surface area contributed by atoms with Crippen LogP contribution in [-0.2, 0) is 16.6 Å². The van der Waals surface area contributed by atoms with Gasteiger partial charge in [-0.3, -0.25) is 4.79 Å².